The summed E-state index contributed by atoms with van der Waals surface area (Å²) in [5.41, 5.74) is 1.45. The third kappa shape index (κ3) is 5.27. The average molecular weight is 406 g/mol. The van der Waals surface area contributed by atoms with Crippen molar-refractivity contribution < 1.29 is 19.1 Å². The molecule has 0 saturated heterocycles. The zero-order valence-corrected chi connectivity index (χ0v) is 17.7. The molecular formula is C22H28ClNO4. The lowest BCUT2D eigenvalue weighted by Gasteiger charge is -2.28. The van der Waals surface area contributed by atoms with E-state index in [4.69, 9.17) is 21.1 Å². The van der Waals surface area contributed by atoms with Crippen molar-refractivity contribution in [3.05, 3.63) is 33.8 Å². The first-order chi connectivity index (χ1) is 13.3. The Morgan fingerprint density at radius 1 is 1.39 bits per heavy atom. The molecular weight excluding hydrogens is 378 g/mol. The number of halogens is 1. The van der Waals surface area contributed by atoms with Crippen LogP contribution in [0.3, 0.4) is 0 Å². The Hall–Kier alpha value is -2.03. The summed E-state index contributed by atoms with van der Waals surface area (Å²) >= 11 is 6.38. The molecule has 1 aromatic rings. The third-order valence-corrected chi connectivity index (χ3v) is 5.49. The van der Waals surface area contributed by atoms with Crippen LogP contribution in [-0.4, -0.2) is 37.7 Å². The molecule has 1 N–H and O–H groups in total. The molecule has 1 aliphatic carbocycles. The van der Waals surface area contributed by atoms with Gasteiger partial charge in [-0.15, -0.1) is 5.92 Å². The van der Waals surface area contributed by atoms with Gasteiger partial charge in [-0.05, 0) is 69.2 Å². The second-order valence-electron chi connectivity index (χ2n) is 7.20. The van der Waals surface area contributed by atoms with Crippen LogP contribution < -0.4 is 5.32 Å². The molecule has 1 aromatic carbocycles. The van der Waals surface area contributed by atoms with E-state index in [9.17, 15) is 9.59 Å². The van der Waals surface area contributed by atoms with E-state index < -0.39 is 11.5 Å². The van der Waals surface area contributed by atoms with Gasteiger partial charge in [-0.1, -0.05) is 17.5 Å². The molecule has 0 aromatic heterocycles. The first kappa shape index (κ1) is 22.3. The highest BCUT2D eigenvalue weighted by molar-refractivity contribution is 6.31. The van der Waals surface area contributed by atoms with Gasteiger partial charge in [0, 0.05) is 23.8 Å². The molecule has 152 valence electrons. The molecule has 28 heavy (non-hydrogen) atoms. The molecule has 6 heteroatoms. The number of nitrogens with one attached hydrogen (secondary N) is 1. The first-order valence-electron chi connectivity index (χ1n) is 9.54. The zero-order valence-electron chi connectivity index (χ0n) is 17.0. The van der Waals surface area contributed by atoms with E-state index in [0.29, 0.717) is 31.1 Å². The van der Waals surface area contributed by atoms with Crippen LogP contribution in [0.5, 0.6) is 0 Å². The Bertz CT molecular complexity index is 772. The number of ether oxygens (including phenoxy) is 2. The van der Waals surface area contributed by atoms with Gasteiger partial charge in [0.1, 0.15) is 5.54 Å². The van der Waals surface area contributed by atoms with Gasteiger partial charge in [-0.2, -0.15) is 0 Å². The summed E-state index contributed by atoms with van der Waals surface area (Å²) in [6.45, 7) is 6.81. The van der Waals surface area contributed by atoms with E-state index in [2.05, 4.69) is 17.2 Å². The fourth-order valence-electron chi connectivity index (χ4n) is 3.81. The summed E-state index contributed by atoms with van der Waals surface area (Å²) in [7, 11) is 1.35. The lowest BCUT2D eigenvalue weighted by molar-refractivity contribution is -0.150. The SMILES string of the molecule is CC#Cc1cc(C)c(CC(=O)NC2(C(=O)OC)CCC(COCC)C2)c(Cl)c1. The number of carbonyl (C=O) groups is 2. The summed E-state index contributed by atoms with van der Waals surface area (Å²) in [6.07, 6.45) is 1.96. The van der Waals surface area contributed by atoms with Crippen molar-refractivity contribution in [1.29, 1.82) is 0 Å². The number of rotatable bonds is 7. The van der Waals surface area contributed by atoms with Crippen molar-refractivity contribution in [2.75, 3.05) is 20.3 Å². The number of carbonyl (C=O) groups excluding carboxylic acids is 2. The minimum atomic E-state index is -0.998. The van der Waals surface area contributed by atoms with Gasteiger partial charge < -0.3 is 14.8 Å². The van der Waals surface area contributed by atoms with Crippen molar-refractivity contribution in [1.82, 2.24) is 5.32 Å². The lowest BCUT2D eigenvalue weighted by atomic mass is 9.94. The highest BCUT2D eigenvalue weighted by atomic mass is 35.5. The minimum Gasteiger partial charge on any atom is -0.467 e. The Balaban J connectivity index is 2.15. The van der Waals surface area contributed by atoms with Crippen molar-refractivity contribution in [2.45, 2.75) is 52.0 Å². The number of esters is 1. The molecule has 1 saturated carbocycles. The van der Waals surface area contributed by atoms with Crippen LogP contribution in [0, 0.1) is 24.7 Å². The van der Waals surface area contributed by atoms with Crippen LogP contribution in [0.25, 0.3) is 0 Å². The van der Waals surface area contributed by atoms with Gasteiger partial charge in [0.05, 0.1) is 13.5 Å². The third-order valence-electron chi connectivity index (χ3n) is 5.15. The number of hydrogen-bond acceptors (Lipinski definition) is 4. The second-order valence-corrected chi connectivity index (χ2v) is 7.60. The molecule has 0 spiro atoms. The van der Waals surface area contributed by atoms with Crippen molar-refractivity contribution in [3.8, 4) is 11.8 Å². The maximum Gasteiger partial charge on any atom is 0.331 e. The summed E-state index contributed by atoms with van der Waals surface area (Å²) < 4.78 is 10.5. The fraction of sp³-hybridized carbons (Fsp3) is 0.545. The van der Waals surface area contributed by atoms with Gasteiger partial charge >= 0.3 is 5.97 Å². The molecule has 0 heterocycles. The summed E-state index contributed by atoms with van der Waals surface area (Å²) in [6, 6.07) is 3.67. The first-order valence-corrected chi connectivity index (χ1v) is 9.92. The smallest absolute Gasteiger partial charge is 0.331 e. The van der Waals surface area contributed by atoms with E-state index in [1.165, 1.54) is 7.11 Å². The highest BCUT2D eigenvalue weighted by Gasteiger charge is 2.47. The molecule has 5 nitrogen and oxygen atoms in total. The van der Waals surface area contributed by atoms with Gasteiger partial charge in [-0.25, -0.2) is 4.79 Å². The molecule has 2 rings (SSSR count). The van der Waals surface area contributed by atoms with Gasteiger partial charge in [-0.3, -0.25) is 4.79 Å². The number of amides is 1. The van der Waals surface area contributed by atoms with E-state index in [0.717, 1.165) is 23.1 Å². The topological polar surface area (TPSA) is 64.6 Å². The van der Waals surface area contributed by atoms with Crippen LogP contribution in [0.4, 0.5) is 0 Å². The van der Waals surface area contributed by atoms with Crippen molar-refractivity contribution >= 4 is 23.5 Å². The summed E-state index contributed by atoms with van der Waals surface area (Å²) in [5.74, 6) is 5.37. The van der Waals surface area contributed by atoms with Gasteiger partial charge in [0.2, 0.25) is 5.91 Å². The Morgan fingerprint density at radius 2 is 2.14 bits per heavy atom. The van der Waals surface area contributed by atoms with Crippen molar-refractivity contribution in [2.24, 2.45) is 5.92 Å². The maximum absolute atomic E-state index is 12.8. The van der Waals surface area contributed by atoms with E-state index >= 15 is 0 Å². The van der Waals surface area contributed by atoms with Crippen LogP contribution in [0.1, 0.15) is 49.8 Å². The molecule has 2 atom stereocenters. The Labute approximate surface area is 172 Å². The van der Waals surface area contributed by atoms with Crippen LogP contribution in [-0.2, 0) is 25.5 Å². The molecule has 1 amide bonds. The molecule has 0 bridgehead atoms. The largest absolute Gasteiger partial charge is 0.467 e. The molecule has 2 unspecified atom stereocenters. The lowest BCUT2D eigenvalue weighted by Crippen LogP contribution is -2.54. The standard InChI is InChI=1S/C22H28ClNO4/c1-5-7-16-10-15(3)18(19(23)11-16)12-20(25)24-22(21(26)27-4)9-8-17(13-22)14-28-6-2/h10-11,17H,6,8-9,12-14H2,1-4H3,(H,24,25). The highest BCUT2D eigenvalue weighted by Crippen LogP contribution is 2.36. The number of aryl methyl sites for hydroxylation is 1. The molecule has 1 aliphatic rings. The number of hydrogen-bond donors (Lipinski definition) is 1. The monoisotopic (exact) mass is 405 g/mol. The predicted octanol–water partition coefficient (Wildman–Crippen LogP) is 3.43. The second kappa shape index (κ2) is 9.95. The average Bonchev–Trinajstić information content (AvgIpc) is 3.06. The van der Waals surface area contributed by atoms with Crippen LogP contribution in [0.2, 0.25) is 5.02 Å². The normalized spacial score (nSPS) is 21.0. The van der Waals surface area contributed by atoms with E-state index in [1.807, 2.05) is 19.9 Å². The summed E-state index contributed by atoms with van der Waals surface area (Å²) in [4.78, 5) is 25.3. The minimum absolute atomic E-state index is 0.0966. The molecule has 1 fully saturated rings. The van der Waals surface area contributed by atoms with E-state index in [1.54, 1.807) is 13.0 Å². The Morgan fingerprint density at radius 3 is 2.75 bits per heavy atom. The summed E-state index contributed by atoms with van der Waals surface area (Å²) in [5, 5.41) is 3.44. The predicted molar refractivity (Wildman–Crippen MR) is 109 cm³/mol. The van der Waals surface area contributed by atoms with Crippen molar-refractivity contribution in [3.63, 3.8) is 0 Å². The molecule has 0 aliphatic heterocycles. The van der Waals surface area contributed by atoms with Gasteiger partial charge in [0.25, 0.3) is 0 Å². The van der Waals surface area contributed by atoms with Crippen LogP contribution >= 0.6 is 11.6 Å². The van der Waals surface area contributed by atoms with E-state index in [-0.39, 0.29) is 18.2 Å². The number of benzene rings is 1. The quantitative estimate of drug-likeness (QED) is 0.557. The Kier molecular flexibility index (Phi) is 7.91. The van der Waals surface area contributed by atoms with Crippen LogP contribution in [0.15, 0.2) is 12.1 Å². The number of methoxy groups -OCH3 is 1. The maximum atomic E-state index is 12.8. The fourth-order valence-corrected chi connectivity index (χ4v) is 4.14. The molecule has 0 radical (unpaired) electrons. The van der Waals surface area contributed by atoms with Gasteiger partial charge in [0.15, 0.2) is 0 Å². The zero-order chi connectivity index (χ0) is 20.7.